The van der Waals surface area contributed by atoms with E-state index in [1.54, 1.807) is 24.1 Å². The molecule has 2 aromatic rings. The zero-order valence-electron chi connectivity index (χ0n) is 15.4. The normalized spacial score (nSPS) is 16.1. The van der Waals surface area contributed by atoms with E-state index in [1.807, 2.05) is 24.3 Å². The topological polar surface area (TPSA) is 48.0 Å². The molecule has 144 valence electrons. The van der Waals surface area contributed by atoms with E-state index in [9.17, 15) is 9.18 Å². The Labute approximate surface area is 158 Å². The van der Waals surface area contributed by atoms with Crippen molar-refractivity contribution < 1.29 is 23.4 Å². The van der Waals surface area contributed by atoms with Gasteiger partial charge in [-0.2, -0.15) is 0 Å². The van der Waals surface area contributed by atoms with E-state index >= 15 is 0 Å². The minimum absolute atomic E-state index is 0.0213. The van der Waals surface area contributed by atoms with Crippen LogP contribution < -0.4 is 9.47 Å². The minimum Gasteiger partial charge on any atom is -0.497 e. The Morgan fingerprint density at radius 2 is 2.11 bits per heavy atom. The highest BCUT2D eigenvalue weighted by Crippen LogP contribution is 2.19. The molecule has 0 N–H and O–H groups in total. The lowest BCUT2D eigenvalue weighted by Crippen LogP contribution is -2.39. The summed E-state index contributed by atoms with van der Waals surface area (Å²) in [4.78, 5) is 14.5. The molecular weight excluding hydrogens is 349 g/mol. The van der Waals surface area contributed by atoms with Crippen molar-refractivity contribution in [2.75, 3.05) is 26.9 Å². The smallest absolute Gasteiger partial charge is 0.260 e. The van der Waals surface area contributed by atoms with Gasteiger partial charge in [0.05, 0.1) is 13.2 Å². The van der Waals surface area contributed by atoms with Crippen LogP contribution in [0.1, 0.15) is 18.4 Å². The van der Waals surface area contributed by atoms with Gasteiger partial charge in [0, 0.05) is 19.7 Å². The fourth-order valence-electron chi connectivity index (χ4n) is 3.07. The van der Waals surface area contributed by atoms with E-state index in [-0.39, 0.29) is 24.4 Å². The maximum atomic E-state index is 13.7. The molecule has 1 aliphatic heterocycles. The molecule has 1 aliphatic rings. The third-order valence-electron chi connectivity index (χ3n) is 4.50. The average Bonchev–Trinajstić information content (AvgIpc) is 3.20. The van der Waals surface area contributed by atoms with E-state index in [4.69, 9.17) is 14.2 Å². The van der Waals surface area contributed by atoms with E-state index in [0.717, 1.165) is 30.8 Å². The van der Waals surface area contributed by atoms with E-state index in [0.29, 0.717) is 13.1 Å². The summed E-state index contributed by atoms with van der Waals surface area (Å²) in [5.74, 6) is 0.115. The standard InChI is InChI=1S/C21H24FNO4/c1-25-17-7-4-6-16(12-17)13-23(14-18-8-5-11-26-18)21(24)15-27-20-10-3-2-9-19(20)22/h2-4,6-7,9-10,12,18H,5,8,11,13-15H2,1H3. The molecule has 5 nitrogen and oxygen atoms in total. The number of hydrogen-bond donors (Lipinski definition) is 0. The van der Waals surface area contributed by atoms with Crippen molar-refractivity contribution in [2.24, 2.45) is 0 Å². The van der Waals surface area contributed by atoms with Gasteiger partial charge in [-0.1, -0.05) is 24.3 Å². The van der Waals surface area contributed by atoms with Crippen LogP contribution in [0, 0.1) is 5.82 Å². The van der Waals surface area contributed by atoms with Crippen LogP contribution >= 0.6 is 0 Å². The number of carbonyl (C=O) groups is 1. The molecule has 1 atom stereocenters. The van der Waals surface area contributed by atoms with E-state index in [1.165, 1.54) is 12.1 Å². The lowest BCUT2D eigenvalue weighted by Gasteiger charge is -2.26. The molecule has 0 saturated carbocycles. The molecule has 1 fully saturated rings. The molecule has 27 heavy (non-hydrogen) atoms. The van der Waals surface area contributed by atoms with Crippen molar-refractivity contribution in [3.8, 4) is 11.5 Å². The second kappa shape index (κ2) is 9.37. The van der Waals surface area contributed by atoms with Crippen LogP contribution in [0.5, 0.6) is 11.5 Å². The molecule has 1 saturated heterocycles. The van der Waals surface area contributed by atoms with Gasteiger partial charge in [0.1, 0.15) is 5.75 Å². The van der Waals surface area contributed by atoms with Crippen molar-refractivity contribution in [1.29, 1.82) is 0 Å². The van der Waals surface area contributed by atoms with Crippen molar-refractivity contribution in [3.05, 3.63) is 59.9 Å². The molecule has 2 aromatic carbocycles. The van der Waals surface area contributed by atoms with Gasteiger partial charge in [-0.25, -0.2) is 4.39 Å². The number of nitrogens with zero attached hydrogens (tertiary/aromatic N) is 1. The highest BCUT2D eigenvalue weighted by molar-refractivity contribution is 5.77. The molecule has 6 heteroatoms. The molecule has 0 radical (unpaired) electrons. The predicted molar refractivity (Wildman–Crippen MR) is 99.3 cm³/mol. The second-order valence-electron chi connectivity index (χ2n) is 6.48. The third-order valence-corrected chi connectivity index (χ3v) is 4.50. The average molecular weight is 373 g/mol. The summed E-state index contributed by atoms with van der Waals surface area (Å²) in [6.45, 7) is 1.39. The van der Waals surface area contributed by atoms with Crippen LogP contribution in [-0.4, -0.2) is 43.8 Å². The Morgan fingerprint density at radius 3 is 2.85 bits per heavy atom. The molecule has 0 aliphatic carbocycles. The molecule has 0 bridgehead atoms. The molecule has 1 heterocycles. The quantitative estimate of drug-likeness (QED) is 0.711. The van der Waals surface area contributed by atoms with Crippen molar-refractivity contribution in [1.82, 2.24) is 4.90 Å². The van der Waals surface area contributed by atoms with Crippen LogP contribution in [-0.2, 0) is 16.1 Å². The van der Waals surface area contributed by atoms with Crippen LogP contribution in [0.15, 0.2) is 48.5 Å². The molecule has 1 unspecified atom stereocenters. The summed E-state index contributed by atoms with van der Waals surface area (Å²) in [6.07, 6.45) is 1.95. The Hall–Kier alpha value is -2.60. The first-order chi connectivity index (χ1) is 13.2. The number of hydrogen-bond acceptors (Lipinski definition) is 4. The van der Waals surface area contributed by atoms with Gasteiger partial charge in [0.2, 0.25) is 0 Å². The van der Waals surface area contributed by atoms with Gasteiger partial charge in [-0.3, -0.25) is 4.79 Å². The number of methoxy groups -OCH3 is 1. The van der Waals surface area contributed by atoms with Gasteiger partial charge in [0.15, 0.2) is 18.2 Å². The zero-order chi connectivity index (χ0) is 19.1. The summed E-state index contributed by atoms with van der Waals surface area (Å²) >= 11 is 0. The molecule has 1 amide bonds. The molecular formula is C21H24FNO4. The van der Waals surface area contributed by atoms with Gasteiger partial charge < -0.3 is 19.1 Å². The Morgan fingerprint density at radius 1 is 1.26 bits per heavy atom. The Bertz CT molecular complexity index is 761. The third kappa shape index (κ3) is 5.44. The first kappa shape index (κ1) is 19.2. The Balaban J connectivity index is 1.67. The molecule has 0 aromatic heterocycles. The summed E-state index contributed by atoms with van der Waals surface area (Å²) in [5, 5.41) is 0. The van der Waals surface area contributed by atoms with Crippen molar-refractivity contribution in [3.63, 3.8) is 0 Å². The summed E-state index contributed by atoms with van der Waals surface area (Å²) < 4.78 is 30.0. The number of para-hydroxylation sites is 1. The Kier molecular flexibility index (Phi) is 6.65. The van der Waals surface area contributed by atoms with Gasteiger partial charge in [-0.05, 0) is 42.7 Å². The fourth-order valence-corrected chi connectivity index (χ4v) is 3.07. The lowest BCUT2D eigenvalue weighted by molar-refractivity contribution is -0.135. The summed E-state index contributed by atoms with van der Waals surface area (Å²) in [5.41, 5.74) is 0.951. The first-order valence-electron chi connectivity index (χ1n) is 9.05. The monoisotopic (exact) mass is 373 g/mol. The minimum atomic E-state index is -0.483. The van der Waals surface area contributed by atoms with Gasteiger partial charge in [0.25, 0.3) is 5.91 Å². The molecule has 3 rings (SSSR count). The second-order valence-corrected chi connectivity index (χ2v) is 6.48. The molecule has 0 spiro atoms. The lowest BCUT2D eigenvalue weighted by atomic mass is 10.1. The number of benzene rings is 2. The number of rotatable bonds is 8. The number of halogens is 1. The van der Waals surface area contributed by atoms with Crippen LogP contribution in [0.2, 0.25) is 0 Å². The van der Waals surface area contributed by atoms with Crippen molar-refractivity contribution in [2.45, 2.75) is 25.5 Å². The van der Waals surface area contributed by atoms with Crippen LogP contribution in [0.3, 0.4) is 0 Å². The SMILES string of the molecule is COc1cccc(CN(CC2CCCO2)C(=O)COc2ccccc2F)c1. The number of carbonyl (C=O) groups excluding carboxylic acids is 1. The first-order valence-corrected chi connectivity index (χ1v) is 9.05. The maximum absolute atomic E-state index is 13.7. The number of ether oxygens (including phenoxy) is 3. The van der Waals surface area contributed by atoms with Crippen LogP contribution in [0.25, 0.3) is 0 Å². The van der Waals surface area contributed by atoms with Gasteiger partial charge in [-0.15, -0.1) is 0 Å². The summed E-state index contributed by atoms with van der Waals surface area (Å²) in [7, 11) is 1.61. The predicted octanol–water partition coefficient (Wildman–Crippen LogP) is 3.42. The number of amides is 1. The van der Waals surface area contributed by atoms with E-state index < -0.39 is 5.82 Å². The van der Waals surface area contributed by atoms with Crippen LogP contribution in [0.4, 0.5) is 4.39 Å². The van der Waals surface area contributed by atoms with E-state index in [2.05, 4.69) is 0 Å². The largest absolute Gasteiger partial charge is 0.497 e. The van der Waals surface area contributed by atoms with Gasteiger partial charge >= 0.3 is 0 Å². The highest BCUT2D eigenvalue weighted by atomic mass is 19.1. The zero-order valence-corrected chi connectivity index (χ0v) is 15.4. The highest BCUT2D eigenvalue weighted by Gasteiger charge is 2.23. The van der Waals surface area contributed by atoms with Crippen molar-refractivity contribution >= 4 is 5.91 Å². The summed E-state index contributed by atoms with van der Waals surface area (Å²) in [6, 6.07) is 13.6. The fraction of sp³-hybridized carbons (Fsp3) is 0.381. The maximum Gasteiger partial charge on any atom is 0.260 e.